The molecular weight excluding hydrogens is 361 g/mol. The van der Waals surface area contributed by atoms with Crippen molar-refractivity contribution in [1.29, 1.82) is 0 Å². The molecule has 1 saturated heterocycles. The third-order valence-corrected chi connectivity index (χ3v) is 5.03. The van der Waals surface area contributed by atoms with Crippen LogP contribution in [0.5, 0.6) is 0 Å². The number of aryl methyl sites for hydroxylation is 1. The summed E-state index contributed by atoms with van der Waals surface area (Å²) in [5, 5.41) is 8.28. The molecule has 1 aliphatic rings. The zero-order valence-electron chi connectivity index (χ0n) is 15.7. The van der Waals surface area contributed by atoms with Crippen LogP contribution < -0.4 is 0 Å². The van der Waals surface area contributed by atoms with Crippen LogP contribution in [0.1, 0.15) is 43.1 Å². The van der Waals surface area contributed by atoms with Gasteiger partial charge in [-0.1, -0.05) is 30.1 Å². The average molecular weight is 383 g/mol. The summed E-state index contributed by atoms with van der Waals surface area (Å²) < 4.78 is 20.2. The Balaban J connectivity index is 1.55. The van der Waals surface area contributed by atoms with E-state index in [9.17, 15) is 9.18 Å². The Morgan fingerprint density at radius 2 is 2.07 bits per heavy atom. The third kappa shape index (κ3) is 3.95. The zero-order chi connectivity index (χ0) is 19.5. The lowest BCUT2D eigenvalue weighted by molar-refractivity contribution is -0.133. The molecule has 146 valence electrons. The largest absolute Gasteiger partial charge is 0.334 e. The van der Waals surface area contributed by atoms with Crippen molar-refractivity contribution in [3.05, 3.63) is 53.9 Å². The van der Waals surface area contributed by atoms with Gasteiger partial charge in [-0.2, -0.15) is 10.1 Å². The van der Waals surface area contributed by atoms with E-state index in [0.717, 1.165) is 36.8 Å². The Labute approximate surface area is 162 Å². The van der Waals surface area contributed by atoms with Gasteiger partial charge in [0.25, 0.3) is 5.89 Å². The number of nitrogens with zero attached hydrogens (tertiary/aromatic N) is 5. The van der Waals surface area contributed by atoms with Crippen LogP contribution in [0.2, 0.25) is 0 Å². The third-order valence-electron chi connectivity index (χ3n) is 5.03. The van der Waals surface area contributed by atoms with Crippen molar-refractivity contribution < 1.29 is 13.7 Å². The minimum Gasteiger partial charge on any atom is -0.334 e. The molecule has 1 amide bonds. The van der Waals surface area contributed by atoms with Gasteiger partial charge in [0.05, 0.1) is 24.2 Å². The van der Waals surface area contributed by atoms with E-state index in [4.69, 9.17) is 4.52 Å². The van der Waals surface area contributed by atoms with Gasteiger partial charge >= 0.3 is 0 Å². The molecule has 3 aromatic rings. The number of aromatic nitrogens is 4. The number of hydrogen-bond donors (Lipinski definition) is 0. The highest BCUT2D eigenvalue weighted by Gasteiger charge is 2.30. The predicted molar refractivity (Wildman–Crippen MR) is 99.5 cm³/mol. The summed E-state index contributed by atoms with van der Waals surface area (Å²) in [6.45, 7) is 0.654. The molecule has 0 aliphatic carbocycles. The Morgan fingerprint density at radius 3 is 2.82 bits per heavy atom. The fourth-order valence-corrected chi connectivity index (χ4v) is 3.57. The average Bonchev–Trinajstić information content (AvgIpc) is 3.26. The Hall–Kier alpha value is -3.03. The van der Waals surface area contributed by atoms with Gasteiger partial charge in [-0.15, -0.1) is 0 Å². The monoisotopic (exact) mass is 383 g/mol. The molecule has 1 aromatic carbocycles. The van der Waals surface area contributed by atoms with Crippen molar-refractivity contribution in [2.45, 2.75) is 38.1 Å². The fourth-order valence-electron chi connectivity index (χ4n) is 3.57. The number of carbonyl (C=O) groups is 1. The van der Waals surface area contributed by atoms with Gasteiger partial charge in [0.2, 0.25) is 5.91 Å². The first-order chi connectivity index (χ1) is 13.6. The van der Waals surface area contributed by atoms with Gasteiger partial charge < -0.3 is 9.42 Å². The first kappa shape index (κ1) is 18.3. The fraction of sp³-hybridized carbons (Fsp3) is 0.400. The van der Waals surface area contributed by atoms with E-state index < -0.39 is 0 Å². The van der Waals surface area contributed by atoms with Crippen LogP contribution in [0.15, 0.2) is 41.2 Å². The van der Waals surface area contributed by atoms with E-state index in [1.54, 1.807) is 23.0 Å². The molecule has 1 unspecified atom stereocenters. The van der Waals surface area contributed by atoms with E-state index in [1.165, 1.54) is 12.1 Å². The van der Waals surface area contributed by atoms with Crippen LogP contribution in [0, 0.1) is 5.82 Å². The Morgan fingerprint density at radius 1 is 1.25 bits per heavy atom. The van der Waals surface area contributed by atoms with Crippen molar-refractivity contribution in [3.8, 4) is 11.5 Å². The molecule has 0 N–H and O–H groups in total. The Bertz CT molecular complexity index is 950. The highest BCUT2D eigenvalue weighted by molar-refractivity contribution is 5.79. The SMILES string of the molecule is Cn1cc(-c2nc(C3CCCCCN3C(=O)Cc3ccc(F)cc3)no2)cn1. The second-order valence-corrected chi connectivity index (χ2v) is 7.12. The van der Waals surface area contributed by atoms with Crippen LogP contribution in [0.4, 0.5) is 4.39 Å². The molecule has 28 heavy (non-hydrogen) atoms. The first-order valence-electron chi connectivity index (χ1n) is 9.47. The molecule has 1 atom stereocenters. The molecule has 0 radical (unpaired) electrons. The summed E-state index contributed by atoms with van der Waals surface area (Å²) in [6.07, 6.45) is 7.50. The number of amides is 1. The normalized spacial score (nSPS) is 17.5. The second kappa shape index (κ2) is 7.92. The lowest BCUT2D eigenvalue weighted by atomic mass is 10.1. The number of hydrogen-bond acceptors (Lipinski definition) is 5. The topological polar surface area (TPSA) is 77.0 Å². The summed E-state index contributed by atoms with van der Waals surface area (Å²) in [6, 6.07) is 5.83. The summed E-state index contributed by atoms with van der Waals surface area (Å²) >= 11 is 0. The number of benzene rings is 1. The van der Waals surface area contributed by atoms with Crippen LogP contribution in [-0.4, -0.2) is 37.3 Å². The number of halogens is 1. The van der Waals surface area contributed by atoms with Gasteiger partial charge in [-0.05, 0) is 30.5 Å². The quantitative estimate of drug-likeness (QED) is 0.691. The summed E-state index contributed by atoms with van der Waals surface area (Å²) in [5.41, 5.74) is 1.54. The molecule has 0 spiro atoms. The molecule has 4 rings (SSSR count). The minimum atomic E-state index is -0.307. The number of rotatable bonds is 4. The zero-order valence-corrected chi connectivity index (χ0v) is 15.7. The number of likely N-dealkylation sites (tertiary alicyclic amines) is 1. The van der Waals surface area contributed by atoms with Crippen LogP contribution in [0.3, 0.4) is 0 Å². The minimum absolute atomic E-state index is 0.00811. The van der Waals surface area contributed by atoms with E-state index >= 15 is 0 Å². The molecule has 2 aromatic heterocycles. The van der Waals surface area contributed by atoms with Gasteiger partial charge in [0.1, 0.15) is 5.82 Å². The lowest BCUT2D eigenvalue weighted by Gasteiger charge is -2.28. The Kier molecular flexibility index (Phi) is 5.18. The van der Waals surface area contributed by atoms with Crippen molar-refractivity contribution in [2.75, 3.05) is 6.54 Å². The van der Waals surface area contributed by atoms with Crippen molar-refractivity contribution in [3.63, 3.8) is 0 Å². The molecular formula is C20H22FN5O2. The standard InChI is InChI=1S/C20H22FN5O2/c1-25-13-15(12-22-25)20-23-19(24-28-20)17-5-3-2-4-10-26(17)18(27)11-14-6-8-16(21)9-7-14/h6-9,12-13,17H,2-5,10-11H2,1H3. The molecule has 0 bridgehead atoms. The molecule has 1 fully saturated rings. The molecule has 1 aliphatic heterocycles. The van der Waals surface area contributed by atoms with Gasteiger partial charge in [0.15, 0.2) is 5.82 Å². The molecule has 3 heterocycles. The molecule has 7 nitrogen and oxygen atoms in total. The maximum absolute atomic E-state index is 13.1. The van der Waals surface area contributed by atoms with E-state index in [-0.39, 0.29) is 24.2 Å². The van der Waals surface area contributed by atoms with Crippen LogP contribution in [-0.2, 0) is 18.3 Å². The summed E-state index contributed by atoms with van der Waals surface area (Å²) in [4.78, 5) is 19.4. The molecule has 0 saturated carbocycles. The highest BCUT2D eigenvalue weighted by Crippen LogP contribution is 2.30. The van der Waals surface area contributed by atoms with E-state index in [2.05, 4.69) is 15.2 Å². The van der Waals surface area contributed by atoms with E-state index in [1.807, 2.05) is 18.1 Å². The predicted octanol–water partition coefficient (Wildman–Crippen LogP) is 3.30. The van der Waals surface area contributed by atoms with E-state index in [0.29, 0.717) is 18.3 Å². The second-order valence-electron chi connectivity index (χ2n) is 7.12. The van der Waals surface area contributed by atoms with Gasteiger partial charge in [-0.25, -0.2) is 4.39 Å². The van der Waals surface area contributed by atoms with Gasteiger partial charge in [-0.3, -0.25) is 9.48 Å². The smallest absolute Gasteiger partial charge is 0.261 e. The lowest BCUT2D eigenvalue weighted by Crippen LogP contribution is -2.36. The maximum atomic E-state index is 13.1. The van der Waals surface area contributed by atoms with Crippen molar-refractivity contribution in [1.82, 2.24) is 24.8 Å². The van der Waals surface area contributed by atoms with Crippen LogP contribution in [0.25, 0.3) is 11.5 Å². The van der Waals surface area contributed by atoms with Gasteiger partial charge in [0, 0.05) is 19.8 Å². The molecule has 8 heteroatoms. The van der Waals surface area contributed by atoms with Crippen molar-refractivity contribution >= 4 is 5.91 Å². The summed E-state index contributed by atoms with van der Waals surface area (Å²) in [7, 11) is 1.82. The van der Waals surface area contributed by atoms with Crippen molar-refractivity contribution in [2.24, 2.45) is 7.05 Å². The van der Waals surface area contributed by atoms with Crippen LogP contribution >= 0.6 is 0 Å². The number of carbonyl (C=O) groups excluding carboxylic acids is 1. The highest BCUT2D eigenvalue weighted by atomic mass is 19.1. The summed E-state index contributed by atoms with van der Waals surface area (Å²) in [5.74, 6) is 0.608. The first-order valence-corrected chi connectivity index (χ1v) is 9.47. The maximum Gasteiger partial charge on any atom is 0.261 e.